The molecule has 0 radical (unpaired) electrons. The van der Waals surface area contributed by atoms with Gasteiger partial charge in [-0.2, -0.15) is 0 Å². The number of benzene rings is 2. The fourth-order valence-corrected chi connectivity index (χ4v) is 6.89. The lowest BCUT2D eigenvalue weighted by molar-refractivity contribution is -0.135. The van der Waals surface area contributed by atoms with Gasteiger partial charge in [0, 0.05) is 5.57 Å². The molecule has 0 amide bonds. The van der Waals surface area contributed by atoms with Gasteiger partial charge < -0.3 is 5.11 Å². The van der Waals surface area contributed by atoms with Crippen LogP contribution in [0.2, 0.25) is 0 Å². The summed E-state index contributed by atoms with van der Waals surface area (Å²) in [5.74, 6) is -0.720. The number of hydrogen-bond donors (Lipinski definition) is 1. The molecule has 3 rings (SSSR count). The summed E-state index contributed by atoms with van der Waals surface area (Å²) in [6, 6.07) is 13.9. The van der Waals surface area contributed by atoms with Crippen molar-refractivity contribution in [3.05, 3.63) is 52.9 Å². The Morgan fingerprint density at radius 1 is 1.26 bits per heavy atom. The fourth-order valence-electron chi connectivity index (χ4n) is 2.85. The standard InChI is InChI=1S/C18H15NO2S2/c1-11(2)16-15(17(18(20)21)23(10-19)22-16)14-9-5-7-12-6-3-4-8-13(12)14/h3-9,11,17H,1-2H3/p+1. The minimum atomic E-state index is -0.916. The van der Waals surface area contributed by atoms with Crippen molar-refractivity contribution in [1.29, 1.82) is 5.26 Å². The molecule has 3 nitrogen and oxygen atoms in total. The van der Waals surface area contributed by atoms with Gasteiger partial charge in [0.15, 0.2) is 9.93 Å². The van der Waals surface area contributed by atoms with E-state index in [9.17, 15) is 15.2 Å². The monoisotopic (exact) mass is 342 g/mol. The molecular formula is C18H16NO2S2+. The molecule has 2 unspecified atom stereocenters. The molecule has 0 saturated carbocycles. The summed E-state index contributed by atoms with van der Waals surface area (Å²) in [7, 11) is 0.554. The Labute approximate surface area is 141 Å². The molecule has 116 valence electrons. The van der Waals surface area contributed by atoms with Crippen LogP contribution in [0.5, 0.6) is 0 Å². The van der Waals surface area contributed by atoms with Crippen LogP contribution < -0.4 is 0 Å². The molecule has 23 heavy (non-hydrogen) atoms. The second-order valence-corrected chi connectivity index (χ2v) is 9.08. The van der Waals surface area contributed by atoms with Crippen molar-refractivity contribution in [3.8, 4) is 5.40 Å². The zero-order valence-electron chi connectivity index (χ0n) is 12.8. The van der Waals surface area contributed by atoms with Crippen LogP contribution in [0, 0.1) is 16.6 Å². The highest BCUT2D eigenvalue weighted by atomic mass is 33.1. The maximum Gasteiger partial charge on any atom is 0.364 e. The second-order valence-electron chi connectivity index (χ2n) is 5.65. The number of carboxylic acids is 1. The van der Waals surface area contributed by atoms with E-state index >= 15 is 0 Å². The molecule has 1 aliphatic rings. The molecule has 0 spiro atoms. The number of aliphatic carboxylic acids is 1. The summed E-state index contributed by atoms with van der Waals surface area (Å²) in [6.07, 6.45) is 0. The van der Waals surface area contributed by atoms with Crippen LogP contribution in [0.25, 0.3) is 16.3 Å². The molecule has 0 aromatic heterocycles. The Balaban J connectivity index is 2.30. The summed E-state index contributed by atoms with van der Waals surface area (Å²) in [6.45, 7) is 4.10. The van der Waals surface area contributed by atoms with Crippen LogP contribution >= 0.6 is 10.8 Å². The van der Waals surface area contributed by atoms with Crippen molar-refractivity contribution in [1.82, 2.24) is 0 Å². The molecule has 2 aromatic carbocycles. The van der Waals surface area contributed by atoms with E-state index in [4.69, 9.17) is 0 Å². The number of rotatable bonds is 3. The highest BCUT2D eigenvalue weighted by Gasteiger charge is 2.52. The Morgan fingerprint density at radius 2 is 1.96 bits per heavy atom. The minimum Gasteiger partial charge on any atom is -0.477 e. The molecule has 1 aliphatic heterocycles. The van der Waals surface area contributed by atoms with E-state index in [1.807, 2.05) is 42.5 Å². The van der Waals surface area contributed by atoms with Gasteiger partial charge in [0.1, 0.15) is 10.8 Å². The second kappa shape index (κ2) is 6.31. The number of carboxylic acid groups (broad SMARTS) is 1. The van der Waals surface area contributed by atoms with E-state index < -0.39 is 21.1 Å². The first kappa shape index (κ1) is 16.0. The molecule has 0 bridgehead atoms. The number of nitriles is 1. The third kappa shape index (κ3) is 2.73. The van der Waals surface area contributed by atoms with Crippen LogP contribution in [-0.2, 0) is 14.7 Å². The highest BCUT2D eigenvalue weighted by molar-refractivity contribution is 8.78. The molecular weight excluding hydrogens is 326 g/mol. The quantitative estimate of drug-likeness (QED) is 0.509. The number of hydrogen-bond acceptors (Lipinski definition) is 3. The molecule has 0 saturated heterocycles. The van der Waals surface area contributed by atoms with Crippen molar-refractivity contribution in [2.75, 3.05) is 0 Å². The molecule has 1 N–H and O–H groups in total. The SMILES string of the molecule is CC(C)C1=C(c2cccc3ccccc23)C(C(=O)O)[S+](C#N)S1. The summed E-state index contributed by atoms with van der Waals surface area (Å²) in [5, 5.41) is 22.7. The highest BCUT2D eigenvalue weighted by Crippen LogP contribution is 2.50. The van der Waals surface area contributed by atoms with Crippen molar-refractivity contribution >= 4 is 43.0 Å². The van der Waals surface area contributed by atoms with Crippen LogP contribution in [0.4, 0.5) is 0 Å². The number of thiocyanates is 1. The maximum absolute atomic E-state index is 11.9. The Bertz CT molecular complexity index is 846. The van der Waals surface area contributed by atoms with Crippen LogP contribution in [-0.4, -0.2) is 16.3 Å². The third-order valence-corrected chi connectivity index (χ3v) is 7.81. The average molecular weight is 342 g/mol. The Kier molecular flexibility index (Phi) is 4.38. The third-order valence-electron chi connectivity index (χ3n) is 3.84. The summed E-state index contributed by atoms with van der Waals surface area (Å²) >= 11 is 0. The molecule has 1 heterocycles. The first-order chi connectivity index (χ1) is 11.0. The summed E-state index contributed by atoms with van der Waals surface area (Å²) in [4.78, 5) is 12.9. The van der Waals surface area contributed by atoms with Crippen molar-refractivity contribution in [2.45, 2.75) is 19.1 Å². The fraction of sp³-hybridized carbons (Fsp3) is 0.222. The van der Waals surface area contributed by atoms with Gasteiger partial charge in [-0.1, -0.05) is 56.3 Å². The van der Waals surface area contributed by atoms with E-state index in [2.05, 4.69) is 19.2 Å². The van der Waals surface area contributed by atoms with Gasteiger partial charge in [-0.05, 0) is 22.3 Å². The lowest BCUT2D eigenvalue weighted by atomic mass is 9.93. The zero-order valence-corrected chi connectivity index (χ0v) is 14.4. The minimum absolute atomic E-state index is 0.196. The van der Waals surface area contributed by atoms with Gasteiger partial charge in [0.05, 0.1) is 4.91 Å². The van der Waals surface area contributed by atoms with Gasteiger partial charge in [-0.15, -0.1) is 5.26 Å². The topological polar surface area (TPSA) is 61.1 Å². The maximum atomic E-state index is 11.9. The molecule has 0 aliphatic carbocycles. The van der Waals surface area contributed by atoms with Gasteiger partial charge in [-0.25, -0.2) is 4.79 Å². The number of allylic oxidation sites excluding steroid dienone is 1. The summed E-state index contributed by atoms with van der Waals surface area (Å²) < 4.78 is 0. The smallest absolute Gasteiger partial charge is 0.364 e. The first-order valence-electron chi connectivity index (χ1n) is 7.30. The molecule has 2 atom stereocenters. The number of carbonyl (C=O) groups is 1. The first-order valence-corrected chi connectivity index (χ1v) is 9.93. The van der Waals surface area contributed by atoms with Crippen LogP contribution in [0.15, 0.2) is 47.4 Å². The Morgan fingerprint density at radius 3 is 2.61 bits per heavy atom. The molecule has 2 aromatic rings. The Hall–Kier alpha value is -1.90. The van der Waals surface area contributed by atoms with E-state index in [-0.39, 0.29) is 5.92 Å². The van der Waals surface area contributed by atoms with Crippen molar-refractivity contribution in [3.63, 3.8) is 0 Å². The van der Waals surface area contributed by atoms with Crippen molar-refractivity contribution < 1.29 is 9.90 Å². The zero-order chi connectivity index (χ0) is 16.6. The normalized spacial score (nSPS) is 21.0. The lowest BCUT2D eigenvalue weighted by Crippen LogP contribution is -2.25. The predicted octanol–water partition coefficient (Wildman–Crippen LogP) is 4.42. The van der Waals surface area contributed by atoms with E-state index in [1.54, 1.807) is 0 Å². The number of fused-ring (bicyclic) bond motifs is 1. The van der Waals surface area contributed by atoms with Gasteiger partial charge in [-0.3, -0.25) is 0 Å². The van der Waals surface area contributed by atoms with Gasteiger partial charge in [0.2, 0.25) is 0 Å². The summed E-state index contributed by atoms with van der Waals surface area (Å²) in [5.41, 5.74) is 1.76. The van der Waals surface area contributed by atoms with E-state index in [0.29, 0.717) is 0 Å². The van der Waals surface area contributed by atoms with E-state index in [1.165, 1.54) is 10.8 Å². The predicted molar refractivity (Wildman–Crippen MR) is 97.7 cm³/mol. The van der Waals surface area contributed by atoms with E-state index in [0.717, 1.165) is 26.8 Å². The van der Waals surface area contributed by atoms with Crippen LogP contribution in [0.1, 0.15) is 19.4 Å². The molecule has 5 heteroatoms. The van der Waals surface area contributed by atoms with Gasteiger partial charge in [0.25, 0.3) is 5.25 Å². The lowest BCUT2D eigenvalue weighted by Gasteiger charge is -2.12. The van der Waals surface area contributed by atoms with Crippen LogP contribution in [0.3, 0.4) is 0 Å². The number of nitrogens with zero attached hydrogens (tertiary/aromatic N) is 1. The largest absolute Gasteiger partial charge is 0.477 e. The average Bonchev–Trinajstić information content (AvgIpc) is 2.94. The molecule has 0 fully saturated rings. The van der Waals surface area contributed by atoms with Crippen molar-refractivity contribution in [2.24, 2.45) is 5.92 Å². The van der Waals surface area contributed by atoms with Gasteiger partial charge >= 0.3 is 11.4 Å².